The largest absolute Gasteiger partial charge is 0.378 e. The Kier molecular flexibility index (Phi) is 8.79. The highest BCUT2D eigenvalue weighted by molar-refractivity contribution is 9.10. The molecule has 0 radical (unpaired) electrons. The number of piperazine rings is 1. The van der Waals surface area contributed by atoms with Gasteiger partial charge < -0.3 is 19.9 Å². The molecule has 3 aromatic rings. The average molecular weight is 657 g/mol. The molecule has 2 atom stereocenters. The Morgan fingerprint density at radius 1 is 1.17 bits per heavy atom. The van der Waals surface area contributed by atoms with Crippen LogP contribution in [0.2, 0.25) is 5.02 Å². The maximum atomic E-state index is 13.6. The molecule has 2 amide bonds. The zero-order chi connectivity index (χ0) is 30.1. The maximum Gasteiger partial charge on any atom is 0.276 e. The molecule has 5 rings (SSSR count). The van der Waals surface area contributed by atoms with Crippen molar-refractivity contribution in [1.82, 2.24) is 29.8 Å². The molecule has 0 saturated carbocycles. The molecule has 4 heterocycles. The van der Waals surface area contributed by atoms with Gasteiger partial charge in [0, 0.05) is 54.5 Å². The Bertz CT molecular complexity index is 1550. The minimum Gasteiger partial charge on any atom is -0.378 e. The van der Waals surface area contributed by atoms with Gasteiger partial charge in [-0.1, -0.05) is 16.8 Å². The van der Waals surface area contributed by atoms with Crippen molar-refractivity contribution >= 4 is 50.7 Å². The maximum absolute atomic E-state index is 13.6. The van der Waals surface area contributed by atoms with Gasteiger partial charge in [-0.25, -0.2) is 9.67 Å². The molecule has 1 N–H and O–H groups in total. The summed E-state index contributed by atoms with van der Waals surface area (Å²) in [7, 11) is 2.11. The second-order valence-corrected chi connectivity index (χ2v) is 11.8. The fraction of sp³-hybridized carbons (Fsp3) is 0.429. The molecule has 2 aromatic heterocycles. The van der Waals surface area contributed by atoms with Crippen molar-refractivity contribution in [2.45, 2.75) is 32.9 Å². The molecule has 12 nitrogen and oxygen atoms in total. The fourth-order valence-electron chi connectivity index (χ4n) is 5.15. The number of ether oxygens (including phenoxy) is 1. The topological polar surface area (TPSA) is 133 Å². The molecule has 2 aliphatic rings. The number of nitrogens with one attached hydrogen (secondary N) is 1. The Balaban J connectivity index is 1.53. The number of likely N-dealkylation sites (N-methyl/N-ethyl adjacent to an activating group) is 1. The van der Waals surface area contributed by atoms with Crippen molar-refractivity contribution in [2.75, 3.05) is 56.7 Å². The van der Waals surface area contributed by atoms with Gasteiger partial charge in [0.1, 0.15) is 11.8 Å². The van der Waals surface area contributed by atoms with E-state index in [-0.39, 0.29) is 40.0 Å². The van der Waals surface area contributed by atoms with Gasteiger partial charge in [-0.05, 0) is 55.9 Å². The Morgan fingerprint density at radius 2 is 1.86 bits per heavy atom. The van der Waals surface area contributed by atoms with Crippen LogP contribution in [0.3, 0.4) is 0 Å². The predicted octanol–water partition coefficient (Wildman–Crippen LogP) is 3.51. The molecule has 1 aromatic carbocycles. The van der Waals surface area contributed by atoms with E-state index >= 15 is 0 Å². The number of halogens is 2. The number of carbonyl (C=O) groups excluding carboxylic acids is 2. The van der Waals surface area contributed by atoms with Crippen LogP contribution in [0, 0.1) is 18.3 Å². The molecule has 2 aliphatic heterocycles. The number of rotatable bonds is 5. The van der Waals surface area contributed by atoms with E-state index in [0.717, 1.165) is 18.8 Å². The second kappa shape index (κ2) is 12.3. The molecule has 0 bridgehead atoms. The SMILES string of the molecule is Cc1c(C#N)ncc(C(=O)Nc2cc(-n3cc(C(=O)N4CCOCC4)nn3)c(Br)cc2N2C[C@@H](C)N(C)[C@@H](C)C2)c1Cl. The summed E-state index contributed by atoms with van der Waals surface area (Å²) >= 11 is 10.2. The second-order valence-electron chi connectivity index (χ2n) is 10.6. The van der Waals surface area contributed by atoms with Crippen molar-refractivity contribution in [3.63, 3.8) is 0 Å². The molecule has 220 valence electrons. The molecule has 14 heteroatoms. The molecule has 2 fully saturated rings. The van der Waals surface area contributed by atoms with Crippen LogP contribution in [-0.4, -0.2) is 100 Å². The number of aromatic nitrogens is 4. The summed E-state index contributed by atoms with van der Waals surface area (Å²) in [5, 5.41) is 20.8. The van der Waals surface area contributed by atoms with Gasteiger partial charge in [0.25, 0.3) is 11.8 Å². The quantitative estimate of drug-likeness (QED) is 0.438. The van der Waals surface area contributed by atoms with Crippen LogP contribution in [0.25, 0.3) is 5.69 Å². The van der Waals surface area contributed by atoms with Gasteiger partial charge >= 0.3 is 0 Å². The fourth-order valence-corrected chi connectivity index (χ4v) is 5.88. The molecule has 42 heavy (non-hydrogen) atoms. The van der Waals surface area contributed by atoms with E-state index in [1.807, 2.05) is 12.1 Å². The summed E-state index contributed by atoms with van der Waals surface area (Å²) < 4.78 is 7.56. The smallest absolute Gasteiger partial charge is 0.276 e. The van der Waals surface area contributed by atoms with Crippen LogP contribution < -0.4 is 10.2 Å². The Hall–Kier alpha value is -3.57. The lowest BCUT2D eigenvalue weighted by Gasteiger charge is -2.44. The lowest BCUT2D eigenvalue weighted by Crippen LogP contribution is -2.55. The minimum atomic E-state index is -0.466. The van der Waals surface area contributed by atoms with Crippen LogP contribution in [0.1, 0.15) is 46.0 Å². The summed E-state index contributed by atoms with van der Waals surface area (Å²) in [5.41, 5.74) is 2.89. The summed E-state index contributed by atoms with van der Waals surface area (Å²) in [6, 6.07) is 6.27. The van der Waals surface area contributed by atoms with Gasteiger partial charge in [-0.2, -0.15) is 5.26 Å². The first kappa shape index (κ1) is 29.9. The monoisotopic (exact) mass is 655 g/mol. The number of hydrogen-bond donors (Lipinski definition) is 1. The molecular weight excluding hydrogens is 626 g/mol. The van der Waals surface area contributed by atoms with Crippen molar-refractivity contribution in [2.24, 2.45) is 0 Å². The standard InChI is InChI=1S/C28H31BrClN9O3/c1-16-13-38(14-17(2)36(16)4)25-9-20(29)24(39-15-23(34-35-39)28(41)37-5-7-42-8-6-37)10-21(25)33-27(40)19-12-32-22(11-31)18(3)26(19)30/h9-10,12,15-17H,5-8,13-14H2,1-4H3,(H,33,40)/t16-,17+. The summed E-state index contributed by atoms with van der Waals surface area (Å²) in [5.74, 6) is -0.684. The highest BCUT2D eigenvalue weighted by atomic mass is 79.9. The lowest BCUT2D eigenvalue weighted by atomic mass is 10.1. The number of amides is 2. The Morgan fingerprint density at radius 3 is 2.52 bits per heavy atom. The summed E-state index contributed by atoms with van der Waals surface area (Å²) in [4.78, 5) is 36.9. The number of benzene rings is 1. The summed E-state index contributed by atoms with van der Waals surface area (Å²) in [6.45, 7) is 9.43. The molecule has 2 saturated heterocycles. The molecule has 0 spiro atoms. The third-order valence-corrected chi connectivity index (χ3v) is 8.99. The predicted molar refractivity (Wildman–Crippen MR) is 161 cm³/mol. The van der Waals surface area contributed by atoms with E-state index in [1.165, 1.54) is 10.9 Å². The van der Waals surface area contributed by atoms with E-state index in [0.29, 0.717) is 47.7 Å². The van der Waals surface area contributed by atoms with Crippen LogP contribution >= 0.6 is 27.5 Å². The van der Waals surface area contributed by atoms with E-state index < -0.39 is 5.91 Å². The highest BCUT2D eigenvalue weighted by Crippen LogP contribution is 2.37. The number of nitrogens with zero attached hydrogens (tertiary/aromatic N) is 8. The Labute approximate surface area is 257 Å². The van der Waals surface area contributed by atoms with Gasteiger partial charge in [0.15, 0.2) is 5.69 Å². The van der Waals surface area contributed by atoms with Crippen LogP contribution in [0.15, 0.2) is 29.0 Å². The van der Waals surface area contributed by atoms with Gasteiger partial charge in [0.2, 0.25) is 0 Å². The third kappa shape index (κ3) is 5.85. The molecular formula is C28H31BrClN9O3. The number of nitriles is 1. The number of morpholine rings is 1. The van der Waals surface area contributed by atoms with Crippen LogP contribution in [0.4, 0.5) is 11.4 Å². The third-order valence-electron chi connectivity index (χ3n) is 7.87. The van der Waals surface area contributed by atoms with Gasteiger partial charge in [0.05, 0.1) is 47.1 Å². The lowest BCUT2D eigenvalue weighted by molar-refractivity contribution is 0.0299. The van der Waals surface area contributed by atoms with E-state index in [4.69, 9.17) is 16.3 Å². The van der Waals surface area contributed by atoms with E-state index in [2.05, 4.69) is 67.2 Å². The zero-order valence-electron chi connectivity index (χ0n) is 23.8. The van der Waals surface area contributed by atoms with Gasteiger partial charge in [-0.3, -0.25) is 14.5 Å². The van der Waals surface area contributed by atoms with Crippen LogP contribution in [-0.2, 0) is 4.74 Å². The molecule has 0 aliphatic carbocycles. The number of carbonyl (C=O) groups is 2. The first-order chi connectivity index (χ1) is 20.1. The first-order valence-electron chi connectivity index (χ1n) is 13.6. The van der Waals surface area contributed by atoms with Crippen LogP contribution in [0.5, 0.6) is 0 Å². The number of anilines is 2. The number of pyridine rings is 1. The van der Waals surface area contributed by atoms with Crippen molar-refractivity contribution in [3.8, 4) is 11.8 Å². The highest BCUT2D eigenvalue weighted by Gasteiger charge is 2.30. The normalized spacial score (nSPS) is 19.5. The zero-order valence-corrected chi connectivity index (χ0v) is 26.1. The van der Waals surface area contributed by atoms with E-state index in [9.17, 15) is 14.9 Å². The van der Waals surface area contributed by atoms with Crippen molar-refractivity contribution in [1.29, 1.82) is 5.26 Å². The van der Waals surface area contributed by atoms with Crippen molar-refractivity contribution < 1.29 is 14.3 Å². The first-order valence-corrected chi connectivity index (χ1v) is 14.7. The van der Waals surface area contributed by atoms with E-state index in [1.54, 1.807) is 24.1 Å². The van der Waals surface area contributed by atoms with Gasteiger partial charge in [-0.15, -0.1) is 5.10 Å². The van der Waals surface area contributed by atoms with Crippen molar-refractivity contribution in [3.05, 3.63) is 56.5 Å². The number of hydrogen-bond acceptors (Lipinski definition) is 9. The minimum absolute atomic E-state index is 0.155. The summed E-state index contributed by atoms with van der Waals surface area (Å²) in [6.07, 6.45) is 2.89. The molecule has 0 unspecified atom stereocenters. The average Bonchev–Trinajstić information content (AvgIpc) is 3.47.